The monoisotopic (exact) mass is 495 g/mol. The molecule has 0 unspecified atom stereocenters. The van der Waals surface area contributed by atoms with Crippen molar-refractivity contribution in [2.45, 2.75) is 31.3 Å². The second kappa shape index (κ2) is 8.91. The zero-order chi connectivity index (χ0) is 21.2. The maximum Gasteiger partial charge on any atom is 0.241 e. The molecule has 0 bridgehead atoms. The molecule has 1 N–H and O–H groups in total. The minimum absolute atomic E-state index is 0.118. The van der Waals surface area contributed by atoms with Gasteiger partial charge in [0.25, 0.3) is 0 Å². The Morgan fingerprint density at radius 1 is 1.17 bits per heavy atom. The van der Waals surface area contributed by atoms with E-state index < -0.39 is 16.1 Å². The van der Waals surface area contributed by atoms with Crippen molar-refractivity contribution < 1.29 is 13.2 Å². The molecule has 0 aliphatic carbocycles. The van der Waals surface area contributed by atoms with Crippen LogP contribution >= 0.6 is 27.3 Å². The van der Waals surface area contributed by atoms with Crippen molar-refractivity contribution >= 4 is 53.4 Å². The number of likely N-dealkylation sites (N-methyl/N-ethyl adjacent to an activating group) is 1. The number of nitrogens with zero attached hydrogens (tertiary/aromatic N) is 2. The number of hydrogen-bond donors (Lipinski definition) is 1. The topological polar surface area (TPSA) is 79.4 Å². The number of carbonyl (C=O) groups excluding carboxylic acids is 1. The van der Waals surface area contributed by atoms with Gasteiger partial charge >= 0.3 is 0 Å². The normalized spacial score (nSPS) is 13.0. The number of fused-ring (bicyclic) bond motifs is 1. The lowest BCUT2D eigenvalue weighted by atomic mass is 10.0. The van der Waals surface area contributed by atoms with E-state index in [2.05, 4.69) is 25.6 Å². The summed E-state index contributed by atoms with van der Waals surface area (Å²) in [5, 5.41) is 0.806. The molecular formula is C20H22BrN3O3S2. The smallest absolute Gasteiger partial charge is 0.241 e. The number of sulfonamides is 1. The molecule has 1 aromatic heterocycles. The summed E-state index contributed by atoms with van der Waals surface area (Å²) in [7, 11) is -2.16. The van der Waals surface area contributed by atoms with Gasteiger partial charge in [-0.15, -0.1) is 11.3 Å². The number of benzene rings is 2. The Labute approximate surface area is 183 Å². The van der Waals surface area contributed by atoms with Crippen LogP contribution in [0.1, 0.15) is 18.9 Å². The van der Waals surface area contributed by atoms with Crippen LogP contribution in [0, 0.1) is 5.92 Å². The predicted octanol–water partition coefficient (Wildman–Crippen LogP) is 4.02. The number of carbonyl (C=O) groups is 1. The quantitative estimate of drug-likeness (QED) is 0.536. The number of amides is 1. The van der Waals surface area contributed by atoms with E-state index in [0.717, 1.165) is 19.7 Å². The van der Waals surface area contributed by atoms with E-state index in [4.69, 9.17) is 0 Å². The van der Waals surface area contributed by atoms with E-state index in [9.17, 15) is 13.2 Å². The number of nitrogens with one attached hydrogen (secondary N) is 1. The molecule has 3 rings (SSSR count). The summed E-state index contributed by atoms with van der Waals surface area (Å²) in [5.41, 5.74) is 0.893. The number of aromatic nitrogens is 1. The minimum Gasteiger partial charge on any atom is -0.338 e. The molecule has 0 fully saturated rings. The first-order chi connectivity index (χ1) is 13.7. The molecule has 3 aromatic rings. The van der Waals surface area contributed by atoms with Gasteiger partial charge in [-0.25, -0.2) is 13.4 Å². The molecule has 154 valence electrons. The fourth-order valence-corrected chi connectivity index (χ4v) is 5.45. The van der Waals surface area contributed by atoms with Crippen molar-refractivity contribution in [2.24, 2.45) is 5.92 Å². The second-order valence-electron chi connectivity index (χ2n) is 7.07. The van der Waals surface area contributed by atoms with Crippen LogP contribution in [-0.2, 0) is 21.4 Å². The molecule has 0 aliphatic rings. The Hall–Kier alpha value is -1.81. The first kappa shape index (κ1) is 21.9. The molecule has 0 spiro atoms. The second-order valence-corrected chi connectivity index (χ2v) is 10.8. The van der Waals surface area contributed by atoms with Gasteiger partial charge in [-0.2, -0.15) is 4.72 Å². The van der Waals surface area contributed by atoms with Crippen LogP contribution in [0.4, 0.5) is 0 Å². The van der Waals surface area contributed by atoms with Crippen LogP contribution in [0.25, 0.3) is 10.2 Å². The Morgan fingerprint density at radius 3 is 2.45 bits per heavy atom. The van der Waals surface area contributed by atoms with Crippen LogP contribution in [0.5, 0.6) is 0 Å². The van der Waals surface area contributed by atoms with Crippen molar-refractivity contribution in [3.05, 3.63) is 58.0 Å². The van der Waals surface area contributed by atoms with Crippen molar-refractivity contribution in [1.82, 2.24) is 14.6 Å². The summed E-state index contributed by atoms with van der Waals surface area (Å²) in [6, 6.07) is 13.2. The zero-order valence-electron chi connectivity index (χ0n) is 16.3. The van der Waals surface area contributed by atoms with Crippen LogP contribution in [-0.4, -0.2) is 37.3 Å². The third-order valence-electron chi connectivity index (χ3n) is 4.43. The van der Waals surface area contributed by atoms with Gasteiger partial charge in [0.15, 0.2) is 0 Å². The summed E-state index contributed by atoms with van der Waals surface area (Å²) >= 11 is 4.82. The number of thiazole rings is 1. The van der Waals surface area contributed by atoms with Gasteiger partial charge in [0.05, 0.1) is 21.7 Å². The van der Waals surface area contributed by atoms with Gasteiger partial charge in [-0.3, -0.25) is 4.79 Å². The molecule has 6 nitrogen and oxygen atoms in total. The van der Waals surface area contributed by atoms with E-state index in [1.807, 2.05) is 38.1 Å². The number of halogens is 1. The van der Waals surface area contributed by atoms with E-state index in [1.165, 1.54) is 28.4 Å². The van der Waals surface area contributed by atoms with Crippen LogP contribution in [0.2, 0.25) is 0 Å². The highest BCUT2D eigenvalue weighted by Gasteiger charge is 2.30. The third-order valence-corrected chi connectivity index (χ3v) is 7.43. The fraction of sp³-hybridized carbons (Fsp3) is 0.300. The first-order valence-corrected chi connectivity index (χ1v) is 12.1. The van der Waals surface area contributed by atoms with Gasteiger partial charge in [0.2, 0.25) is 15.9 Å². The average Bonchev–Trinajstić information content (AvgIpc) is 3.08. The summed E-state index contributed by atoms with van der Waals surface area (Å²) < 4.78 is 29.9. The van der Waals surface area contributed by atoms with Crippen LogP contribution in [0.3, 0.4) is 0 Å². The average molecular weight is 496 g/mol. The SMILES string of the molecule is CC(C)[C@H](NS(=O)(=O)c1ccc(Br)cc1)C(=O)N(C)Cc1nc2ccccc2s1. The molecule has 0 aliphatic heterocycles. The summed E-state index contributed by atoms with van der Waals surface area (Å²) in [6.45, 7) is 3.96. The van der Waals surface area contributed by atoms with E-state index >= 15 is 0 Å². The lowest BCUT2D eigenvalue weighted by molar-refractivity contribution is -0.133. The molecule has 1 amide bonds. The molecule has 1 heterocycles. The molecule has 0 saturated heterocycles. The Kier molecular flexibility index (Phi) is 6.72. The standard InChI is InChI=1S/C20H22BrN3O3S2/c1-13(2)19(23-29(26,27)15-10-8-14(21)9-11-15)20(25)24(3)12-18-22-16-6-4-5-7-17(16)28-18/h4-11,13,19,23H,12H2,1-3H3/t19-/m0/s1. The highest BCUT2D eigenvalue weighted by Crippen LogP contribution is 2.23. The molecular weight excluding hydrogens is 474 g/mol. The fourth-order valence-electron chi connectivity index (χ4n) is 2.83. The van der Waals surface area contributed by atoms with Gasteiger partial charge < -0.3 is 4.90 Å². The summed E-state index contributed by atoms with van der Waals surface area (Å²) in [4.78, 5) is 19.2. The summed E-state index contributed by atoms with van der Waals surface area (Å²) in [5.74, 6) is -0.509. The van der Waals surface area contributed by atoms with Crippen molar-refractivity contribution in [3.8, 4) is 0 Å². The lowest BCUT2D eigenvalue weighted by Crippen LogP contribution is -2.49. The summed E-state index contributed by atoms with van der Waals surface area (Å²) in [6.07, 6.45) is 0. The van der Waals surface area contributed by atoms with Gasteiger partial charge in [0.1, 0.15) is 11.0 Å². The minimum atomic E-state index is -3.82. The first-order valence-electron chi connectivity index (χ1n) is 9.04. The highest BCUT2D eigenvalue weighted by atomic mass is 79.9. The number of hydrogen-bond acceptors (Lipinski definition) is 5. The van der Waals surface area contributed by atoms with E-state index in [0.29, 0.717) is 6.54 Å². The molecule has 29 heavy (non-hydrogen) atoms. The maximum atomic E-state index is 13.0. The van der Waals surface area contributed by atoms with Crippen molar-refractivity contribution in [3.63, 3.8) is 0 Å². The number of rotatable bonds is 7. The highest BCUT2D eigenvalue weighted by molar-refractivity contribution is 9.10. The van der Waals surface area contributed by atoms with E-state index in [1.54, 1.807) is 19.2 Å². The van der Waals surface area contributed by atoms with Gasteiger partial charge in [-0.1, -0.05) is 41.9 Å². The predicted molar refractivity (Wildman–Crippen MR) is 119 cm³/mol. The molecule has 2 aromatic carbocycles. The van der Waals surface area contributed by atoms with Crippen molar-refractivity contribution in [2.75, 3.05) is 7.05 Å². The van der Waals surface area contributed by atoms with E-state index in [-0.39, 0.29) is 16.7 Å². The Balaban J connectivity index is 1.76. The molecule has 1 atom stereocenters. The largest absolute Gasteiger partial charge is 0.338 e. The van der Waals surface area contributed by atoms with Crippen LogP contribution < -0.4 is 4.72 Å². The van der Waals surface area contributed by atoms with Gasteiger partial charge in [-0.05, 0) is 42.3 Å². The third kappa shape index (κ3) is 5.22. The Morgan fingerprint density at radius 2 is 1.83 bits per heavy atom. The Bertz CT molecular complexity index is 1080. The maximum absolute atomic E-state index is 13.0. The van der Waals surface area contributed by atoms with Gasteiger partial charge in [0, 0.05) is 11.5 Å². The lowest BCUT2D eigenvalue weighted by Gasteiger charge is -2.26. The molecule has 0 saturated carbocycles. The molecule has 9 heteroatoms. The zero-order valence-corrected chi connectivity index (χ0v) is 19.5. The number of para-hydroxylation sites is 1. The molecule has 0 radical (unpaired) electrons. The van der Waals surface area contributed by atoms with Crippen LogP contribution in [0.15, 0.2) is 57.9 Å². The van der Waals surface area contributed by atoms with Crippen molar-refractivity contribution in [1.29, 1.82) is 0 Å².